The molecular weight excluding hydrogens is 336 g/mol. The van der Waals surface area contributed by atoms with Gasteiger partial charge in [-0.15, -0.1) is 0 Å². The van der Waals surface area contributed by atoms with Gasteiger partial charge < -0.3 is 14.5 Å². The van der Waals surface area contributed by atoms with Gasteiger partial charge in [-0.05, 0) is 49.6 Å². The highest BCUT2D eigenvalue weighted by atomic mass is 16.5. The molecule has 0 radical (unpaired) electrons. The monoisotopic (exact) mass is 367 g/mol. The minimum absolute atomic E-state index is 0.130. The lowest BCUT2D eigenvalue weighted by atomic mass is 9.96. The van der Waals surface area contributed by atoms with Gasteiger partial charge in [-0.25, -0.2) is 0 Å². The third-order valence-electron chi connectivity index (χ3n) is 5.29. The minimum atomic E-state index is 0.130. The van der Waals surface area contributed by atoms with Crippen LogP contribution in [0.2, 0.25) is 0 Å². The second-order valence-corrected chi connectivity index (χ2v) is 7.48. The fourth-order valence-electron chi connectivity index (χ4n) is 3.93. The first-order valence-corrected chi connectivity index (χ1v) is 10.00. The van der Waals surface area contributed by atoms with Gasteiger partial charge >= 0.3 is 0 Å². The van der Waals surface area contributed by atoms with E-state index in [1.54, 1.807) is 0 Å². The summed E-state index contributed by atoms with van der Waals surface area (Å²) in [5.74, 6) is 1.33. The Labute approximate surface area is 162 Å². The van der Waals surface area contributed by atoms with Crippen LogP contribution in [0.25, 0.3) is 0 Å². The number of amides is 1. The fraction of sp³-hybridized carbons (Fsp3) is 0.435. The van der Waals surface area contributed by atoms with Crippen LogP contribution in [0.3, 0.4) is 0 Å². The zero-order valence-electron chi connectivity index (χ0n) is 16.5. The Kier molecular flexibility index (Phi) is 6.88. The van der Waals surface area contributed by atoms with Gasteiger partial charge in [0.1, 0.15) is 12.3 Å². The Morgan fingerprint density at radius 1 is 1.11 bits per heavy atom. The number of benzene rings is 2. The van der Waals surface area contributed by atoms with Gasteiger partial charge in [0.05, 0.1) is 25.6 Å². The first kappa shape index (κ1) is 19.4. The minimum Gasteiger partial charge on any atom is -0.494 e. The Bertz CT molecular complexity index is 715. The van der Waals surface area contributed by atoms with Crippen molar-refractivity contribution in [3.05, 3.63) is 65.7 Å². The van der Waals surface area contributed by atoms with E-state index in [1.807, 2.05) is 49.2 Å². The second-order valence-electron chi connectivity index (χ2n) is 7.48. The number of nitrogens with one attached hydrogen (secondary N) is 1. The average molecular weight is 368 g/mol. The number of hydrogen-bond donors (Lipinski definition) is 1. The normalized spacial score (nSPS) is 19.5. The third-order valence-corrected chi connectivity index (χ3v) is 5.29. The van der Waals surface area contributed by atoms with E-state index in [0.717, 1.165) is 38.2 Å². The maximum absolute atomic E-state index is 12.9. The molecule has 3 rings (SSSR count). The SMILES string of the molecule is CCOc1ccc(C[NH+]2CCC[C@H](C(=O)N(C)Cc3ccccc3)C2)cc1. The molecule has 1 fully saturated rings. The molecule has 4 heteroatoms. The molecule has 27 heavy (non-hydrogen) atoms. The van der Waals surface area contributed by atoms with E-state index in [2.05, 4.69) is 24.3 Å². The van der Waals surface area contributed by atoms with Gasteiger partial charge in [-0.1, -0.05) is 30.3 Å². The van der Waals surface area contributed by atoms with Gasteiger partial charge in [-0.2, -0.15) is 0 Å². The van der Waals surface area contributed by atoms with Crippen LogP contribution in [0.4, 0.5) is 0 Å². The summed E-state index contributed by atoms with van der Waals surface area (Å²) >= 11 is 0. The second kappa shape index (κ2) is 9.56. The van der Waals surface area contributed by atoms with Crippen LogP contribution in [-0.2, 0) is 17.9 Å². The molecule has 1 heterocycles. The Morgan fingerprint density at radius 3 is 2.56 bits per heavy atom. The van der Waals surface area contributed by atoms with Crippen molar-refractivity contribution in [2.75, 3.05) is 26.7 Å². The predicted molar refractivity (Wildman–Crippen MR) is 108 cm³/mol. The molecule has 2 aromatic rings. The number of ether oxygens (including phenoxy) is 1. The standard InChI is InChI=1S/C23H30N2O2/c1-3-27-22-13-11-20(12-14-22)17-25-15-7-10-21(18-25)23(26)24(2)16-19-8-5-4-6-9-19/h4-6,8-9,11-14,21H,3,7,10,15-18H2,1-2H3/p+1/t21-/m0/s1. The number of likely N-dealkylation sites (tertiary alicyclic amines) is 1. The lowest BCUT2D eigenvalue weighted by Gasteiger charge is -2.31. The maximum atomic E-state index is 12.9. The number of carbonyl (C=O) groups excluding carboxylic acids is 1. The highest BCUT2D eigenvalue weighted by Gasteiger charge is 2.30. The van der Waals surface area contributed by atoms with E-state index >= 15 is 0 Å². The van der Waals surface area contributed by atoms with E-state index in [4.69, 9.17) is 4.74 Å². The first-order chi connectivity index (χ1) is 13.2. The van der Waals surface area contributed by atoms with Gasteiger partial charge in [0.15, 0.2) is 0 Å². The largest absolute Gasteiger partial charge is 0.494 e. The van der Waals surface area contributed by atoms with Crippen LogP contribution in [0.1, 0.15) is 30.9 Å². The number of piperidine rings is 1. The van der Waals surface area contributed by atoms with Crippen LogP contribution < -0.4 is 9.64 Å². The van der Waals surface area contributed by atoms with Crippen LogP contribution in [0.15, 0.2) is 54.6 Å². The molecule has 0 aromatic heterocycles. The molecule has 1 unspecified atom stereocenters. The molecule has 2 aromatic carbocycles. The quantitative estimate of drug-likeness (QED) is 0.816. The molecule has 1 aliphatic rings. The molecular formula is C23H31N2O2+. The molecule has 0 aliphatic carbocycles. The predicted octanol–water partition coefficient (Wildman–Crippen LogP) is 2.54. The lowest BCUT2D eigenvalue weighted by molar-refractivity contribution is -0.921. The van der Waals surface area contributed by atoms with Crippen LogP contribution >= 0.6 is 0 Å². The summed E-state index contributed by atoms with van der Waals surface area (Å²) in [6.07, 6.45) is 2.12. The van der Waals surface area contributed by atoms with Crippen molar-refractivity contribution < 1.29 is 14.4 Å². The number of quaternary nitrogens is 1. The van der Waals surface area contributed by atoms with Crippen LogP contribution in [-0.4, -0.2) is 37.6 Å². The van der Waals surface area contributed by atoms with Gasteiger partial charge in [0.2, 0.25) is 5.91 Å². The smallest absolute Gasteiger partial charge is 0.231 e. The Hall–Kier alpha value is -2.33. The highest BCUT2D eigenvalue weighted by Crippen LogP contribution is 2.15. The van der Waals surface area contributed by atoms with E-state index in [1.165, 1.54) is 16.0 Å². The summed E-state index contributed by atoms with van der Waals surface area (Å²) in [5.41, 5.74) is 2.49. The topological polar surface area (TPSA) is 34.0 Å². The number of rotatable bonds is 7. The molecule has 1 N–H and O–H groups in total. The molecule has 144 valence electrons. The Morgan fingerprint density at radius 2 is 1.85 bits per heavy atom. The van der Waals surface area contributed by atoms with E-state index in [9.17, 15) is 4.79 Å². The summed E-state index contributed by atoms with van der Waals surface area (Å²) in [7, 11) is 1.93. The molecule has 2 atom stereocenters. The van der Waals surface area contributed by atoms with E-state index < -0.39 is 0 Å². The lowest BCUT2D eigenvalue weighted by Crippen LogP contribution is -3.12. The summed E-state index contributed by atoms with van der Waals surface area (Å²) in [4.78, 5) is 16.3. The molecule has 0 bridgehead atoms. The van der Waals surface area contributed by atoms with Crippen molar-refractivity contribution in [3.63, 3.8) is 0 Å². The third kappa shape index (κ3) is 5.57. The molecule has 4 nitrogen and oxygen atoms in total. The fourth-order valence-corrected chi connectivity index (χ4v) is 3.93. The summed E-state index contributed by atoms with van der Waals surface area (Å²) in [5, 5.41) is 0. The first-order valence-electron chi connectivity index (χ1n) is 10.00. The zero-order valence-corrected chi connectivity index (χ0v) is 16.5. The maximum Gasteiger partial charge on any atom is 0.231 e. The van der Waals surface area contributed by atoms with Crippen molar-refractivity contribution >= 4 is 5.91 Å². The Balaban J connectivity index is 1.54. The molecule has 1 saturated heterocycles. The summed E-state index contributed by atoms with van der Waals surface area (Å²) < 4.78 is 5.52. The molecule has 1 aliphatic heterocycles. The zero-order chi connectivity index (χ0) is 19.1. The number of nitrogens with zero attached hydrogens (tertiary/aromatic N) is 1. The summed E-state index contributed by atoms with van der Waals surface area (Å²) in [6, 6.07) is 18.6. The number of hydrogen-bond acceptors (Lipinski definition) is 2. The van der Waals surface area contributed by atoms with Crippen molar-refractivity contribution in [3.8, 4) is 5.75 Å². The van der Waals surface area contributed by atoms with Gasteiger partial charge in [0, 0.05) is 19.2 Å². The molecule has 0 spiro atoms. The molecule has 1 amide bonds. The average Bonchev–Trinajstić information content (AvgIpc) is 2.70. The van der Waals surface area contributed by atoms with E-state index in [-0.39, 0.29) is 11.8 Å². The highest BCUT2D eigenvalue weighted by molar-refractivity contribution is 5.78. The van der Waals surface area contributed by atoms with Crippen LogP contribution in [0.5, 0.6) is 5.75 Å². The van der Waals surface area contributed by atoms with E-state index in [0.29, 0.717) is 13.2 Å². The van der Waals surface area contributed by atoms with Gasteiger partial charge in [-0.3, -0.25) is 4.79 Å². The van der Waals surface area contributed by atoms with Crippen molar-refractivity contribution in [1.29, 1.82) is 0 Å². The number of carbonyl (C=O) groups is 1. The molecule has 0 saturated carbocycles. The van der Waals surface area contributed by atoms with Crippen molar-refractivity contribution in [2.24, 2.45) is 5.92 Å². The van der Waals surface area contributed by atoms with Crippen LogP contribution in [0, 0.1) is 5.92 Å². The van der Waals surface area contributed by atoms with Crippen molar-refractivity contribution in [2.45, 2.75) is 32.9 Å². The summed E-state index contributed by atoms with van der Waals surface area (Å²) in [6.45, 7) is 6.41. The van der Waals surface area contributed by atoms with Crippen molar-refractivity contribution in [1.82, 2.24) is 4.90 Å². The van der Waals surface area contributed by atoms with Gasteiger partial charge in [0.25, 0.3) is 0 Å².